The number of para-hydroxylation sites is 1. The maximum absolute atomic E-state index is 12.8. The Bertz CT molecular complexity index is 1110. The number of hydrogen-bond donors (Lipinski definition) is 3. The van der Waals surface area contributed by atoms with E-state index in [0.717, 1.165) is 11.6 Å². The molecule has 182 valence electrons. The second-order valence-electron chi connectivity index (χ2n) is 7.55. The SMILES string of the molecule is Cc1ccc(NC(=O)O[C@@H](c2ccc(OCCO)cc2)[C@H](/C=C/C(=O)O)Oc2ccccc2)cc1. The number of anilines is 1. The number of carbonyl (C=O) groups is 2. The molecule has 0 aliphatic rings. The molecule has 3 aromatic carbocycles. The molecule has 3 N–H and O–H groups in total. The Morgan fingerprint density at radius 2 is 1.63 bits per heavy atom. The number of hydrogen-bond acceptors (Lipinski definition) is 6. The van der Waals surface area contributed by atoms with Crippen molar-refractivity contribution in [2.45, 2.75) is 19.1 Å². The number of aliphatic hydroxyl groups excluding tert-OH is 1. The van der Waals surface area contributed by atoms with Gasteiger partial charge in [-0.25, -0.2) is 9.59 Å². The van der Waals surface area contributed by atoms with E-state index in [1.807, 2.05) is 25.1 Å². The second-order valence-corrected chi connectivity index (χ2v) is 7.55. The second kappa shape index (κ2) is 12.8. The van der Waals surface area contributed by atoms with E-state index in [-0.39, 0.29) is 13.2 Å². The smallest absolute Gasteiger partial charge is 0.412 e. The summed E-state index contributed by atoms with van der Waals surface area (Å²) >= 11 is 0. The average Bonchev–Trinajstić information content (AvgIpc) is 2.86. The molecule has 2 atom stereocenters. The van der Waals surface area contributed by atoms with E-state index in [2.05, 4.69) is 5.32 Å². The lowest BCUT2D eigenvalue weighted by atomic mass is 10.0. The number of aliphatic hydroxyl groups is 1. The Balaban J connectivity index is 1.90. The van der Waals surface area contributed by atoms with Crippen LogP contribution in [0.15, 0.2) is 91.0 Å². The molecule has 0 heterocycles. The van der Waals surface area contributed by atoms with Crippen molar-refractivity contribution in [3.8, 4) is 11.5 Å². The summed E-state index contributed by atoms with van der Waals surface area (Å²) in [4.78, 5) is 24.1. The molecule has 0 radical (unpaired) electrons. The van der Waals surface area contributed by atoms with Gasteiger partial charge >= 0.3 is 12.1 Å². The molecule has 1 amide bonds. The third kappa shape index (κ3) is 8.21. The van der Waals surface area contributed by atoms with Crippen molar-refractivity contribution < 1.29 is 34.0 Å². The Kier molecular flexibility index (Phi) is 9.27. The van der Waals surface area contributed by atoms with Gasteiger partial charge in [-0.15, -0.1) is 0 Å². The molecule has 0 bridgehead atoms. The predicted octanol–water partition coefficient (Wildman–Crippen LogP) is 4.74. The summed E-state index contributed by atoms with van der Waals surface area (Å²) in [5.74, 6) is -0.169. The number of carboxylic acids is 1. The first-order chi connectivity index (χ1) is 16.9. The zero-order chi connectivity index (χ0) is 25.0. The van der Waals surface area contributed by atoms with Gasteiger partial charge in [0, 0.05) is 11.8 Å². The highest BCUT2D eigenvalue weighted by molar-refractivity contribution is 5.85. The molecular weight excluding hydrogens is 450 g/mol. The van der Waals surface area contributed by atoms with Gasteiger partial charge < -0.3 is 24.4 Å². The first-order valence-electron chi connectivity index (χ1n) is 11.0. The van der Waals surface area contributed by atoms with Crippen molar-refractivity contribution in [2.75, 3.05) is 18.5 Å². The summed E-state index contributed by atoms with van der Waals surface area (Å²) in [5.41, 5.74) is 2.14. The molecule has 0 fully saturated rings. The van der Waals surface area contributed by atoms with E-state index >= 15 is 0 Å². The molecule has 8 nitrogen and oxygen atoms in total. The maximum Gasteiger partial charge on any atom is 0.412 e. The molecule has 0 aliphatic heterocycles. The van der Waals surface area contributed by atoms with Crippen LogP contribution in [0, 0.1) is 6.92 Å². The van der Waals surface area contributed by atoms with E-state index in [9.17, 15) is 14.7 Å². The third-order valence-electron chi connectivity index (χ3n) is 4.84. The fourth-order valence-electron chi connectivity index (χ4n) is 3.18. The molecule has 0 spiro atoms. The van der Waals surface area contributed by atoms with Crippen LogP contribution in [0.3, 0.4) is 0 Å². The highest BCUT2D eigenvalue weighted by Crippen LogP contribution is 2.29. The van der Waals surface area contributed by atoms with Crippen molar-refractivity contribution in [3.63, 3.8) is 0 Å². The Labute approximate surface area is 203 Å². The van der Waals surface area contributed by atoms with Gasteiger partial charge in [-0.3, -0.25) is 5.32 Å². The van der Waals surface area contributed by atoms with Crippen LogP contribution in [0.5, 0.6) is 11.5 Å². The van der Waals surface area contributed by atoms with Gasteiger partial charge in [-0.1, -0.05) is 48.0 Å². The quantitative estimate of drug-likeness (QED) is 0.342. The highest BCUT2D eigenvalue weighted by atomic mass is 16.6. The molecule has 3 rings (SSSR count). The topological polar surface area (TPSA) is 114 Å². The molecule has 8 heteroatoms. The van der Waals surface area contributed by atoms with E-state index in [0.29, 0.717) is 22.7 Å². The fourth-order valence-corrected chi connectivity index (χ4v) is 3.18. The summed E-state index contributed by atoms with van der Waals surface area (Å²) in [7, 11) is 0. The van der Waals surface area contributed by atoms with Gasteiger partial charge in [0.05, 0.1) is 6.61 Å². The summed E-state index contributed by atoms with van der Waals surface area (Å²) < 4.78 is 17.2. The minimum atomic E-state index is -1.16. The largest absolute Gasteiger partial charge is 0.491 e. The summed E-state index contributed by atoms with van der Waals surface area (Å²) in [6.45, 7) is 1.95. The molecule has 35 heavy (non-hydrogen) atoms. The van der Waals surface area contributed by atoms with Crippen LogP contribution in [-0.4, -0.2) is 41.6 Å². The number of amides is 1. The monoisotopic (exact) mass is 477 g/mol. The summed E-state index contributed by atoms with van der Waals surface area (Å²) in [6, 6.07) is 22.7. The van der Waals surface area contributed by atoms with Crippen LogP contribution >= 0.6 is 0 Å². The van der Waals surface area contributed by atoms with Gasteiger partial charge in [-0.05, 0) is 55.0 Å². The van der Waals surface area contributed by atoms with Crippen LogP contribution in [0.4, 0.5) is 10.5 Å². The number of nitrogens with one attached hydrogen (secondary N) is 1. The number of carboxylic acid groups (broad SMARTS) is 1. The first kappa shape index (κ1) is 25.3. The Morgan fingerprint density at radius 1 is 0.943 bits per heavy atom. The third-order valence-corrected chi connectivity index (χ3v) is 4.84. The number of benzene rings is 3. The van der Waals surface area contributed by atoms with Crippen molar-refractivity contribution in [1.29, 1.82) is 0 Å². The Hall–Kier alpha value is -4.30. The normalized spacial score (nSPS) is 12.5. The van der Waals surface area contributed by atoms with Gasteiger partial charge in [0.15, 0.2) is 12.2 Å². The molecule has 3 aromatic rings. The Morgan fingerprint density at radius 3 is 2.26 bits per heavy atom. The van der Waals surface area contributed by atoms with E-state index in [1.54, 1.807) is 60.7 Å². The van der Waals surface area contributed by atoms with E-state index in [4.69, 9.17) is 19.3 Å². The standard InChI is InChI=1S/C27H27NO7/c1-19-7-11-21(12-8-19)28-27(32)35-26(20-9-13-22(14-10-20)33-18-17-29)24(15-16-25(30)31)34-23-5-3-2-4-6-23/h2-16,24,26,29H,17-18H2,1H3,(H,28,32)(H,30,31)/b16-15+/t24-,26-/m0/s1. The lowest BCUT2D eigenvalue weighted by Crippen LogP contribution is -2.29. The van der Waals surface area contributed by atoms with Crippen LogP contribution in [0.2, 0.25) is 0 Å². The average molecular weight is 478 g/mol. The van der Waals surface area contributed by atoms with Crippen molar-refractivity contribution in [1.82, 2.24) is 0 Å². The molecule has 0 aliphatic carbocycles. The lowest BCUT2D eigenvalue weighted by molar-refractivity contribution is -0.131. The van der Waals surface area contributed by atoms with Crippen molar-refractivity contribution in [3.05, 3.63) is 102 Å². The minimum absolute atomic E-state index is 0.125. The number of aliphatic carboxylic acids is 1. The molecule has 0 saturated carbocycles. The van der Waals surface area contributed by atoms with Gasteiger partial charge in [0.25, 0.3) is 0 Å². The molecule has 0 aromatic heterocycles. The van der Waals surface area contributed by atoms with Crippen LogP contribution < -0.4 is 14.8 Å². The maximum atomic E-state index is 12.8. The van der Waals surface area contributed by atoms with Crippen LogP contribution in [0.1, 0.15) is 17.2 Å². The summed E-state index contributed by atoms with van der Waals surface area (Å²) in [5, 5.41) is 20.8. The van der Waals surface area contributed by atoms with Crippen molar-refractivity contribution in [2.24, 2.45) is 0 Å². The number of carbonyl (C=O) groups excluding carboxylic acids is 1. The number of ether oxygens (including phenoxy) is 3. The molecule has 0 unspecified atom stereocenters. The van der Waals surface area contributed by atoms with Crippen LogP contribution in [-0.2, 0) is 9.53 Å². The van der Waals surface area contributed by atoms with Gasteiger partial charge in [0.1, 0.15) is 18.1 Å². The van der Waals surface area contributed by atoms with E-state index in [1.165, 1.54) is 6.08 Å². The summed E-state index contributed by atoms with van der Waals surface area (Å²) in [6.07, 6.45) is -0.412. The highest BCUT2D eigenvalue weighted by Gasteiger charge is 2.28. The van der Waals surface area contributed by atoms with Crippen LogP contribution in [0.25, 0.3) is 0 Å². The number of rotatable bonds is 11. The van der Waals surface area contributed by atoms with Crippen molar-refractivity contribution >= 4 is 17.7 Å². The van der Waals surface area contributed by atoms with E-state index < -0.39 is 24.3 Å². The minimum Gasteiger partial charge on any atom is -0.491 e. The van der Waals surface area contributed by atoms with Gasteiger partial charge in [-0.2, -0.15) is 0 Å². The molecule has 0 saturated heterocycles. The molecular formula is C27H27NO7. The zero-order valence-corrected chi connectivity index (χ0v) is 19.2. The lowest BCUT2D eigenvalue weighted by Gasteiger charge is -2.26. The zero-order valence-electron chi connectivity index (χ0n) is 19.2. The number of aryl methyl sites for hydroxylation is 1. The fraction of sp³-hybridized carbons (Fsp3) is 0.185. The predicted molar refractivity (Wildman–Crippen MR) is 131 cm³/mol. The van der Waals surface area contributed by atoms with Gasteiger partial charge in [0.2, 0.25) is 0 Å². The first-order valence-corrected chi connectivity index (χ1v) is 11.0.